The molecule has 0 aliphatic rings. The van der Waals surface area contributed by atoms with Gasteiger partial charge in [0.05, 0.1) is 23.2 Å². The normalized spacial score (nSPS) is 11.9. The molecular weight excluding hydrogens is 424 g/mol. The quantitative estimate of drug-likeness (QED) is 0.333. The maximum Gasteiger partial charge on any atom is 0.248 e. The van der Waals surface area contributed by atoms with Crippen molar-refractivity contribution in [2.24, 2.45) is 5.73 Å². The number of carbonyl (C=O) groups is 1. The fraction of sp³-hybridized carbons (Fsp3) is 0.222. The molecule has 174 valence electrons. The van der Waals surface area contributed by atoms with Crippen LogP contribution in [0.1, 0.15) is 53.9 Å². The number of allylic oxidation sites excluding steroid dienone is 1. The van der Waals surface area contributed by atoms with Gasteiger partial charge in [0, 0.05) is 54.1 Å². The van der Waals surface area contributed by atoms with Crippen LogP contribution in [-0.4, -0.2) is 33.3 Å². The van der Waals surface area contributed by atoms with Gasteiger partial charge in [0.2, 0.25) is 5.91 Å². The second-order valence-corrected chi connectivity index (χ2v) is 8.54. The average Bonchev–Trinajstić information content (AvgIpc) is 3.47. The number of primary amides is 1. The van der Waals surface area contributed by atoms with Crippen LogP contribution < -0.4 is 11.1 Å². The van der Waals surface area contributed by atoms with Gasteiger partial charge in [-0.3, -0.25) is 4.79 Å². The predicted molar refractivity (Wildman–Crippen MR) is 138 cm³/mol. The van der Waals surface area contributed by atoms with Gasteiger partial charge in [-0.05, 0) is 53.8 Å². The van der Waals surface area contributed by atoms with Crippen LogP contribution in [0.15, 0.2) is 61.3 Å². The second kappa shape index (κ2) is 9.39. The first-order chi connectivity index (χ1) is 16.4. The zero-order valence-corrected chi connectivity index (χ0v) is 20.0. The minimum Gasteiger partial charge on any atom is -0.393 e. The highest BCUT2D eigenvalue weighted by atomic mass is 16.1. The first-order valence-corrected chi connectivity index (χ1v) is 11.4. The van der Waals surface area contributed by atoms with Gasteiger partial charge in [-0.1, -0.05) is 26.8 Å². The standard InChI is InChI=1S/C27H30N6O/c1-5-18-11-19(27(29)34)9-10-23(18)33-14-21(17(2)3)26-24(7-6-8-25(26)33)32-15-22(31-16-32)20(12-28)13-30-4/h6-17,28,30H,5H2,1-4H3,(H2,29,34)/b20-13+,28-12?. The highest BCUT2D eigenvalue weighted by Gasteiger charge is 2.19. The summed E-state index contributed by atoms with van der Waals surface area (Å²) in [6.45, 7) is 6.46. The average molecular weight is 455 g/mol. The SMILES string of the molecule is CCc1cc(C(N)=O)ccc1-n1cc(C(C)C)c2c(-n3cnc(/C(C=N)=C/NC)c3)cccc21. The Balaban J connectivity index is 1.95. The van der Waals surface area contributed by atoms with Crippen molar-refractivity contribution in [3.8, 4) is 11.4 Å². The van der Waals surface area contributed by atoms with Crippen molar-refractivity contribution in [3.05, 3.63) is 83.7 Å². The molecule has 0 unspecified atom stereocenters. The van der Waals surface area contributed by atoms with Crippen molar-refractivity contribution in [2.45, 2.75) is 33.1 Å². The van der Waals surface area contributed by atoms with Crippen LogP contribution >= 0.6 is 0 Å². The van der Waals surface area contributed by atoms with Crippen molar-refractivity contribution < 1.29 is 4.79 Å². The van der Waals surface area contributed by atoms with E-state index in [-0.39, 0.29) is 0 Å². The number of aryl methyl sites for hydroxylation is 1. The van der Waals surface area contributed by atoms with Crippen molar-refractivity contribution in [2.75, 3.05) is 7.05 Å². The Bertz CT molecular complexity index is 1410. The number of aromatic nitrogens is 3. The Labute approximate surface area is 199 Å². The molecule has 1 amide bonds. The summed E-state index contributed by atoms with van der Waals surface area (Å²) >= 11 is 0. The maximum atomic E-state index is 11.7. The van der Waals surface area contributed by atoms with E-state index in [4.69, 9.17) is 11.1 Å². The predicted octanol–water partition coefficient (Wildman–Crippen LogP) is 4.81. The van der Waals surface area contributed by atoms with Crippen molar-refractivity contribution >= 4 is 28.6 Å². The number of benzene rings is 2. The van der Waals surface area contributed by atoms with Crippen molar-refractivity contribution in [1.29, 1.82) is 5.41 Å². The van der Waals surface area contributed by atoms with E-state index in [0.717, 1.165) is 40.0 Å². The molecule has 4 aromatic rings. The van der Waals surface area contributed by atoms with Crippen LogP contribution in [0.5, 0.6) is 0 Å². The lowest BCUT2D eigenvalue weighted by atomic mass is 10.0. The highest BCUT2D eigenvalue weighted by Crippen LogP contribution is 2.35. The summed E-state index contributed by atoms with van der Waals surface area (Å²) in [6.07, 6.45) is 9.77. The zero-order valence-electron chi connectivity index (χ0n) is 20.0. The molecule has 2 aromatic heterocycles. The van der Waals surface area contributed by atoms with E-state index in [2.05, 4.69) is 54.0 Å². The van der Waals surface area contributed by atoms with Crippen LogP contribution in [0.2, 0.25) is 0 Å². The lowest BCUT2D eigenvalue weighted by Crippen LogP contribution is -2.12. The topological polar surface area (TPSA) is 102 Å². The molecular formula is C27H30N6O. The minimum atomic E-state index is -0.420. The lowest BCUT2D eigenvalue weighted by molar-refractivity contribution is 0.1000. The molecule has 0 saturated carbocycles. The van der Waals surface area contributed by atoms with Gasteiger partial charge in [-0.2, -0.15) is 0 Å². The number of hydrogen-bond donors (Lipinski definition) is 3. The molecule has 4 rings (SSSR count). The molecule has 2 heterocycles. The second-order valence-electron chi connectivity index (χ2n) is 8.54. The Kier molecular flexibility index (Phi) is 6.36. The highest BCUT2D eigenvalue weighted by molar-refractivity contribution is 6.07. The molecule has 0 spiro atoms. The summed E-state index contributed by atoms with van der Waals surface area (Å²) in [5.74, 6) is -0.125. The zero-order chi connectivity index (χ0) is 24.4. The fourth-order valence-electron chi connectivity index (χ4n) is 4.36. The molecule has 0 aliphatic carbocycles. The van der Waals surface area contributed by atoms with Crippen LogP contribution in [0.4, 0.5) is 0 Å². The van der Waals surface area contributed by atoms with Crippen molar-refractivity contribution in [3.63, 3.8) is 0 Å². The minimum absolute atomic E-state index is 0.296. The Morgan fingerprint density at radius 3 is 2.65 bits per heavy atom. The van der Waals surface area contributed by atoms with E-state index >= 15 is 0 Å². The molecule has 2 aromatic carbocycles. The van der Waals surface area contributed by atoms with Gasteiger partial charge in [0.15, 0.2) is 0 Å². The summed E-state index contributed by atoms with van der Waals surface area (Å²) in [7, 11) is 1.80. The van der Waals surface area contributed by atoms with Gasteiger partial charge in [0.25, 0.3) is 0 Å². The fourth-order valence-corrected chi connectivity index (χ4v) is 4.36. The number of carbonyl (C=O) groups excluding carboxylic acids is 1. The van der Waals surface area contributed by atoms with Crippen LogP contribution in [-0.2, 0) is 6.42 Å². The van der Waals surface area contributed by atoms with E-state index in [0.29, 0.717) is 17.1 Å². The maximum absolute atomic E-state index is 11.7. The summed E-state index contributed by atoms with van der Waals surface area (Å²) in [5.41, 5.74) is 12.9. The number of amides is 1. The van der Waals surface area contributed by atoms with Crippen LogP contribution in [0.3, 0.4) is 0 Å². The van der Waals surface area contributed by atoms with E-state index in [9.17, 15) is 4.79 Å². The van der Waals surface area contributed by atoms with E-state index < -0.39 is 5.91 Å². The van der Waals surface area contributed by atoms with Crippen LogP contribution in [0.25, 0.3) is 27.9 Å². The first-order valence-electron chi connectivity index (χ1n) is 11.4. The summed E-state index contributed by atoms with van der Waals surface area (Å²) in [6, 6.07) is 11.9. The third-order valence-electron chi connectivity index (χ3n) is 6.08. The molecule has 0 aliphatic heterocycles. The summed E-state index contributed by atoms with van der Waals surface area (Å²) in [5, 5.41) is 11.8. The Hall–Kier alpha value is -4.13. The van der Waals surface area contributed by atoms with Gasteiger partial charge in [0.1, 0.15) is 0 Å². The monoisotopic (exact) mass is 454 g/mol. The Morgan fingerprint density at radius 2 is 2.00 bits per heavy atom. The molecule has 0 fully saturated rings. The van der Waals surface area contributed by atoms with Gasteiger partial charge >= 0.3 is 0 Å². The number of rotatable bonds is 8. The van der Waals surface area contributed by atoms with Gasteiger partial charge in [-0.15, -0.1) is 0 Å². The van der Waals surface area contributed by atoms with E-state index in [1.54, 1.807) is 25.6 Å². The molecule has 0 saturated heterocycles. The van der Waals surface area contributed by atoms with Gasteiger partial charge in [-0.25, -0.2) is 4.98 Å². The molecule has 0 bridgehead atoms. The lowest BCUT2D eigenvalue weighted by Gasteiger charge is -2.13. The number of imidazole rings is 1. The number of hydrogen-bond acceptors (Lipinski definition) is 4. The number of fused-ring (bicyclic) bond motifs is 1. The van der Waals surface area contributed by atoms with Crippen LogP contribution in [0, 0.1) is 5.41 Å². The molecule has 34 heavy (non-hydrogen) atoms. The molecule has 4 N–H and O–H groups in total. The molecule has 7 heteroatoms. The Morgan fingerprint density at radius 1 is 1.21 bits per heavy atom. The third kappa shape index (κ3) is 4.01. The van der Waals surface area contributed by atoms with E-state index in [1.807, 2.05) is 29.0 Å². The number of nitrogens with one attached hydrogen (secondary N) is 2. The molecule has 0 atom stereocenters. The van der Waals surface area contributed by atoms with Gasteiger partial charge < -0.3 is 25.6 Å². The summed E-state index contributed by atoms with van der Waals surface area (Å²) in [4.78, 5) is 16.3. The number of nitrogens with two attached hydrogens (primary N) is 1. The smallest absolute Gasteiger partial charge is 0.248 e. The molecule has 0 radical (unpaired) electrons. The largest absolute Gasteiger partial charge is 0.393 e. The third-order valence-corrected chi connectivity index (χ3v) is 6.08. The first kappa shape index (κ1) is 23.0. The number of nitrogens with zero attached hydrogens (tertiary/aromatic N) is 3. The van der Waals surface area contributed by atoms with E-state index in [1.165, 1.54) is 11.8 Å². The summed E-state index contributed by atoms with van der Waals surface area (Å²) < 4.78 is 4.22. The molecule has 7 nitrogen and oxygen atoms in total. The van der Waals surface area contributed by atoms with Crippen molar-refractivity contribution in [1.82, 2.24) is 19.4 Å².